The fraction of sp³-hybridized carbons (Fsp3) is 0.467. The Morgan fingerprint density at radius 2 is 1.80 bits per heavy atom. The predicted molar refractivity (Wildman–Crippen MR) is 75.1 cm³/mol. The summed E-state index contributed by atoms with van der Waals surface area (Å²) in [7, 11) is 0. The molecule has 0 radical (unpaired) electrons. The van der Waals surface area contributed by atoms with Gasteiger partial charge in [0.1, 0.15) is 6.04 Å². The first-order valence-corrected chi connectivity index (χ1v) is 6.82. The number of carbonyl (C=O) groups excluding carboxylic acids is 1. The summed E-state index contributed by atoms with van der Waals surface area (Å²) < 4.78 is 0. The second-order valence-electron chi connectivity index (χ2n) is 5.59. The van der Waals surface area contributed by atoms with Crippen LogP contribution >= 0.6 is 0 Å². The van der Waals surface area contributed by atoms with Crippen molar-refractivity contribution < 1.29 is 14.7 Å². The molecule has 0 spiro atoms. The Kier molecular flexibility index (Phi) is 4.27. The molecule has 2 N–H and O–H groups in total. The fourth-order valence-corrected chi connectivity index (χ4v) is 2.41. The van der Waals surface area contributed by atoms with Crippen LogP contribution in [-0.4, -0.2) is 28.0 Å². The Hall–Kier alpha value is -2.04. The van der Waals surface area contributed by atoms with Crippen molar-refractivity contribution in [3.05, 3.63) is 35.4 Å². The van der Waals surface area contributed by atoms with Crippen molar-refractivity contribution >= 4 is 12.0 Å². The van der Waals surface area contributed by atoms with Gasteiger partial charge in [-0.1, -0.05) is 38.1 Å². The maximum Gasteiger partial charge on any atom is 0.326 e. The largest absolute Gasteiger partial charge is 0.480 e. The molecule has 5 nitrogen and oxygen atoms in total. The van der Waals surface area contributed by atoms with Gasteiger partial charge >= 0.3 is 12.0 Å². The van der Waals surface area contributed by atoms with E-state index >= 15 is 0 Å². The van der Waals surface area contributed by atoms with E-state index in [0.717, 1.165) is 11.1 Å². The third-order valence-electron chi connectivity index (χ3n) is 3.43. The van der Waals surface area contributed by atoms with E-state index in [1.54, 1.807) is 4.90 Å². The number of benzene rings is 1. The molecule has 1 aliphatic rings. The van der Waals surface area contributed by atoms with E-state index in [2.05, 4.69) is 5.32 Å². The van der Waals surface area contributed by atoms with Gasteiger partial charge < -0.3 is 15.3 Å². The highest BCUT2D eigenvalue weighted by Crippen LogP contribution is 2.22. The van der Waals surface area contributed by atoms with Gasteiger partial charge in [-0.15, -0.1) is 0 Å². The maximum absolute atomic E-state index is 12.2. The average molecular weight is 276 g/mol. The monoisotopic (exact) mass is 276 g/mol. The van der Waals surface area contributed by atoms with Crippen molar-refractivity contribution in [2.24, 2.45) is 5.92 Å². The van der Waals surface area contributed by atoms with Crippen LogP contribution in [0.4, 0.5) is 4.79 Å². The van der Waals surface area contributed by atoms with Gasteiger partial charge in [0.25, 0.3) is 0 Å². The van der Waals surface area contributed by atoms with Crippen LogP contribution in [0.3, 0.4) is 0 Å². The van der Waals surface area contributed by atoms with Crippen LogP contribution in [0.15, 0.2) is 24.3 Å². The molecule has 5 heteroatoms. The standard InChI is InChI=1S/C15H20N2O3/c1-10(2)7-13(14(18)19)16-15(20)17-8-11-5-3-4-6-12(11)9-17/h3-6,10,13H,7-9H2,1-2H3,(H,16,20)(H,18,19)/t13-/m1/s1. The highest BCUT2D eigenvalue weighted by atomic mass is 16.4. The summed E-state index contributed by atoms with van der Waals surface area (Å²) in [6.07, 6.45) is 0.432. The molecule has 108 valence electrons. The van der Waals surface area contributed by atoms with Crippen LogP contribution in [0.2, 0.25) is 0 Å². The van der Waals surface area contributed by atoms with E-state index in [9.17, 15) is 9.59 Å². The number of aliphatic carboxylic acids is 1. The van der Waals surface area contributed by atoms with Crippen LogP contribution in [0.1, 0.15) is 31.4 Å². The molecule has 0 saturated heterocycles. The Morgan fingerprint density at radius 3 is 2.25 bits per heavy atom. The normalized spacial score (nSPS) is 15.1. The Labute approximate surface area is 118 Å². The van der Waals surface area contributed by atoms with Crippen LogP contribution in [0.5, 0.6) is 0 Å². The van der Waals surface area contributed by atoms with Gasteiger partial charge in [-0.05, 0) is 23.5 Å². The number of fused-ring (bicyclic) bond motifs is 1. The van der Waals surface area contributed by atoms with Gasteiger partial charge in [-0.25, -0.2) is 9.59 Å². The summed E-state index contributed by atoms with van der Waals surface area (Å²) >= 11 is 0. The topological polar surface area (TPSA) is 69.6 Å². The number of urea groups is 1. The zero-order chi connectivity index (χ0) is 14.7. The van der Waals surface area contributed by atoms with Crippen molar-refractivity contribution in [3.8, 4) is 0 Å². The molecule has 0 fully saturated rings. The van der Waals surface area contributed by atoms with Crippen molar-refractivity contribution in [1.29, 1.82) is 0 Å². The Bertz CT molecular complexity index is 489. The molecule has 20 heavy (non-hydrogen) atoms. The number of amides is 2. The predicted octanol–water partition coefficient (Wildman–Crippen LogP) is 2.21. The number of nitrogens with one attached hydrogen (secondary N) is 1. The summed E-state index contributed by atoms with van der Waals surface area (Å²) in [4.78, 5) is 25.0. The van der Waals surface area contributed by atoms with Gasteiger partial charge in [-0.2, -0.15) is 0 Å². The molecule has 0 unspecified atom stereocenters. The Balaban J connectivity index is 1.97. The number of hydrogen-bond donors (Lipinski definition) is 2. The molecule has 1 aliphatic heterocycles. The molecule has 0 aliphatic carbocycles. The van der Waals surface area contributed by atoms with E-state index in [-0.39, 0.29) is 11.9 Å². The number of carboxylic acid groups (broad SMARTS) is 1. The summed E-state index contributed by atoms with van der Waals surface area (Å²) in [5, 5.41) is 11.8. The average Bonchev–Trinajstić information content (AvgIpc) is 2.81. The molecule has 0 bridgehead atoms. The SMILES string of the molecule is CC(C)C[C@@H](NC(=O)N1Cc2ccccc2C1)C(=O)O. The molecule has 1 heterocycles. The maximum atomic E-state index is 12.2. The third kappa shape index (κ3) is 3.29. The zero-order valence-electron chi connectivity index (χ0n) is 11.8. The summed E-state index contributed by atoms with van der Waals surface area (Å²) in [6, 6.07) is 6.73. The fourth-order valence-electron chi connectivity index (χ4n) is 2.41. The van der Waals surface area contributed by atoms with E-state index in [1.807, 2.05) is 38.1 Å². The van der Waals surface area contributed by atoms with E-state index in [4.69, 9.17) is 5.11 Å². The molecule has 2 amide bonds. The lowest BCUT2D eigenvalue weighted by Crippen LogP contribution is -2.46. The van der Waals surface area contributed by atoms with Gasteiger partial charge in [0, 0.05) is 13.1 Å². The molecule has 1 aromatic rings. The number of rotatable bonds is 4. The van der Waals surface area contributed by atoms with Crippen molar-refractivity contribution in [1.82, 2.24) is 10.2 Å². The molecule has 2 rings (SSSR count). The van der Waals surface area contributed by atoms with Crippen LogP contribution < -0.4 is 5.32 Å². The lowest BCUT2D eigenvalue weighted by Gasteiger charge is -2.21. The summed E-state index contributed by atoms with van der Waals surface area (Å²) in [5.41, 5.74) is 2.25. The first kappa shape index (κ1) is 14.4. The summed E-state index contributed by atoms with van der Waals surface area (Å²) in [6.45, 7) is 4.95. The second kappa shape index (κ2) is 5.94. The van der Waals surface area contributed by atoms with Gasteiger partial charge in [-0.3, -0.25) is 0 Å². The lowest BCUT2D eigenvalue weighted by molar-refractivity contribution is -0.139. The van der Waals surface area contributed by atoms with Crippen molar-refractivity contribution in [2.45, 2.75) is 39.4 Å². The van der Waals surface area contributed by atoms with Crippen molar-refractivity contribution in [2.75, 3.05) is 0 Å². The van der Waals surface area contributed by atoms with Crippen LogP contribution in [-0.2, 0) is 17.9 Å². The van der Waals surface area contributed by atoms with Gasteiger partial charge in [0.15, 0.2) is 0 Å². The van der Waals surface area contributed by atoms with Crippen LogP contribution in [0, 0.1) is 5.92 Å². The minimum Gasteiger partial charge on any atom is -0.480 e. The number of carbonyl (C=O) groups is 2. The van der Waals surface area contributed by atoms with Gasteiger partial charge in [0.2, 0.25) is 0 Å². The lowest BCUT2D eigenvalue weighted by atomic mass is 10.0. The van der Waals surface area contributed by atoms with Crippen molar-refractivity contribution in [3.63, 3.8) is 0 Å². The number of carboxylic acids is 1. The van der Waals surface area contributed by atoms with Crippen LogP contribution in [0.25, 0.3) is 0 Å². The molecule has 1 aromatic carbocycles. The second-order valence-corrected chi connectivity index (χ2v) is 5.59. The zero-order valence-corrected chi connectivity index (χ0v) is 11.8. The molecule has 0 aromatic heterocycles. The molecule has 1 atom stereocenters. The minimum atomic E-state index is -0.983. The highest BCUT2D eigenvalue weighted by molar-refractivity contribution is 5.82. The first-order chi connectivity index (χ1) is 9.47. The highest BCUT2D eigenvalue weighted by Gasteiger charge is 2.27. The third-order valence-corrected chi connectivity index (χ3v) is 3.43. The molecular weight excluding hydrogens is 256 g/mol. The molecular formula is C15H20N2O3. The number of nitrogens with zero attached hydrogens (tertiary/aromatic N) is 1. The van der Waals surface area contributed by atoms with E-state index < -0.39 is 12.0 Å². The summed E-state index contributed by atoms with van der Waals surface area (Å²) in [5.74, 6) is -0.768. The minimum absolute atomic E-state index is 0.215. The molecule has 0 saturated carbocycles. The van der Waals surface area contributed by atoms with Gasteiger partial charge in [0.05, 0.1) is 0 Å². The van der Waals surface area contributed by atoms with E-state index in [0.29, 0.717) is 19.5 Å². The quantitative estimate of drug-likeness (QED) is 0.885. The first-order valence-electron chi connectivity index (χ1n) is 6.82. The Morgan fingerprint density at radius 1 is 1.25 bits per heavy atom. The number of hydrogen-bond acceptors (Lipinski definition) is 2. The smallest absolute Gasteiger partial charge is 0.326 e. The van der Waals surface area contributed by atoms with E-state index in [1.165, 1.54) is 0 Å².